The molecule has 0 bridgehead atoms. The number of hydrogen-bond acceptors (Lipinski definition) is 5. The highest BCUT2D eigenvalue weighted by atomic mass is 16.5. The first-order chi connectivity index (χ1) is 9.63. The molecular formula is C13H11N3O4. The summed E-state index contributed by atoms with van der Waals surface area (Å²) < 4.78 is 5.08. The number of pyridine rings is 1. The fourth-order valence-electron chi connectivity index (χ4n) is 1.76. The van der Waals surface area contributed by atoms with Crippen LogP contribution >= 0.6 is 0 Å². The van der Waals surface area contributed by atoms with Crippen molar-refractivity contribution in [3.8, 4) is 0 Å². The second-order valence-corrected chi connectivity index (χ2v) is 4.56. The third kappa shape index (κ3) is 2.51. The molecule has 2 aromatic heterocycles. The molecule has 0 saturated heterocycles. The monoisotopic (exact) mass is 273 g/mol. The lowest BCUT2D eigenvalue weighted by Gasteiger charge is -2.02. The number of carboxylic acid groups (broad SMARTS) is 1. The first kappa shape index (κ1) is 12.3. The third-order valence-electron chi connectivity index (χ3n) is 2.95. The fraction of sp³-hybridized carbons (Fsp3) is 0.231. The van der Waals surface area contributed by atoms with Gasteiger partial charge in [-0.25, -0.2) is 9.78 Å². The van der Waals surface area contributed by atoms with E-state index in [4.69, 9.17) is 9.63 Å². The molecule has 0 aliphatic heterocycles. The van der Waals surface area contributed by atoms with Gasteiger partial charge < -0.3 is 14.9 Å². The summed E-state index contributed by atoms with van der Waals surface area (Å²) in [7, 11) is 0. The Balaban J connectivity index is 1.74. The van der Waals surface area contributed by atoms with E-state index in [0.29, 0.717) is 11.7 Å². The first-order valence-electron chi connectivity index (χ1n) is 6.12. The number of aromatic carboxylic acids is 1. The number of amides is 1. The molecule has 1 fully saturated rings. The standard InChI is InChI=1S/C13H11N3O4/c17-12(9-6-10(20-16-9)7-4-5-7)15-11-3-1-2-8(14-11)13(18)19/h1-3,6-7H,4-5H2,(H,18,19)(H,14,15,17). The molecule has 2 heterocycles. The molecule has 2 N–H and O–H groups in total. The molecular weight excluding hydrogens is 262 g/mol. The Kier molecular flexibility index (Phi) is 2.94. The number of carboxylic acids is 1. The Morgan fingerprint density at radius 3 is 2.80 bits per heavy atom. The average Bonchev–Trinajstić information content (AvgIpc) is 3.16. The minimum absolute atomic E-state index is 0.137. The SMILES string of the molecule is O=C(O)c1cccc(NC(=O)c2cc(C3CC3)on2)n1. The lowest BCUT2D eigenvalue weighted by Crippen LogP contribution is -2.14. The van der Waals surface area contributed by atoms with E-state index in [1.807, 2.05) is 0 Å². The number of carbonyl (C=O) groups excluding carboxylic acids is 1. The Hall–Kier alpha value is -2.70. The minimum atomic E-state index is -1.15. The summed E-state index contributed by atoms with van der Waals surface area (Å²) in [6.45, 7) is 0. The molecule has 3 rings (SSSR count). The Morgan fingerprint density at radius 1 is 1.30 bits per heavy atom. The molecule has 0 spiro atoms. The highest BCUT2D eigenvalue weighted by Crippen LogP contribution is 2.40. The van der Waals surface area contributed by atoms with Gasteiger partial charge in [0.2, 0.25) is 0 Å². The van der Waals surface area contributed by atoms with E-state index in [9.17, 15) is 9.59 Å². The van der Waals surface area contributed by atoms with Crippen LogP contribution in [0.25, 0.3) is 0 Å². The van der Waals surface area contributed by atoms with Gasteiger partial charge in [0.1, 0.15) is 11.6 Å². The van der Waals surface area contributed by atoms with Crippen molar-refractivity contribution < 1.29 is 19.2 Å². The van der Waals surface area contributed by atoms with Crippen molar-refractivity contribution in [2.45, 2.75) is 18.8 Å². The zero-order valence-electron chi connectivity index (χ0n) is 10.4. The van der Waals surface area contributed by atoms with Gasteiger partial charge in [0.05, 0.1) is 0 Å². The van der Waals surface area contributed by atoms with Crippen molar-refractivity contribution in [1.29, 1.82) is 0 Å². The Morgan fingerprint density at radius 2 is 2.10 bits per heavy atom. The van der Waals surface area contributed by atoms with Crippen molar-refractivity contribution in [2.24, 2.45) is 0 Å². The van der Waals surface area contributed by atoms with Gasteiger partial charge in [-0.3, -0.25) is 4.79 Å². The topological polar surface area (TPSA) is 105 Å². The van der Waals surface area contributed by atoms with Crippen LogP contribution in [-0.4, -0.2) is 27.1 Å². The van der Waals surface area contributed by atoms with Crippen molar-refractivity contribution in [3.63, 3.8) is 0 Å². The van der Waals surface area contributed by atoms with Crippen LogP contribution in [0, 0.1) is 0 Å². The summed E-state index contributed by atoms with van der Waals surface area (Å²) in [5.41, 5.74) is 0.0241. The number of aromatic nitrogens is 2. The van der Waals surface area contributed by atoms with Gasteiger partial charge >= 0.3 is 5.97 Å². The first-order valence-corrected chi connectivity index (χ1v) is 6.12. The summed E-state index contributed by atoms with van der Waals surface area (Å²) in [4.78, 5) is 26.5. The van der Waals surface area contributed by atoms with E-state index in [0.717, 1.165) is 12.8 Å². The van der Waals surface area contributed by atoms with Crippen molar-refractivity contribution in [2.75, 3.05) is 5.32 Å². The number of nitrogens with zero attached hydrogens (tertiary/aromatic N) is 2. The van der Waals surface area contributed by atoms with Gasteiger partial charge in [-0.2, -0.15) is 0 Å². The van der Waals surface area contributed by atoms with E-state index in [2.05, 4.69) is 15.5 Å². The Labute approximate surface area is 113 Å². The predicted molar refractivity (Wildman–Crippen MR) is 67.6 cm³/mol. The van der Waals surface area contributed by atoms with Gasteiger partial charge in [0.15, 0.2) is 11.4 Å². The van der Waals surface area contributed by atoms with Crippen molar-refractivity contribution >= 4 is 17.7 Å². The normalized spacial score (nSPS) is 14.0. The molecule has 2 aromatic rings. The van der Waals surface area contributed by atoms with Crippen LogP contribution in [0.2, 0.25) is 0 Å². The van der Waals surface area contributed by atoms with Crippen LogP contribution in [0.1, 0.15) is 45.5 Å². The van der Waals surface area contributed by atoms with Gasteiger partial charge in [-0.1, -0.05) is 11.2 Å². The summed E-state index contributed by atoms with van der Waals surface area (Å²) >= 11 is 0. The zero-order valence-corrected chi connectivity index (χ0v) is 10.4. The second-order valence-electron chi connectivity index (χ2n) is 4.56. The highest BCUT2D eigenvalue weighted by Gasteiger charge is 2.28. The van der Waals surface area contributed by atoms with Crippen LogP contribution in [0.15, 0.2) is 28.8 Å². The second kappa shape index (κ2) is 4.76. The fourth-order valence-corrected chi connectivity index (χ4v) is 1.76. The van der Waals surface area contributed by atoms with Crippen LogP contribution in [0.5, 0.6) is 0 Å². The molecule has 1 saturated carbocycles. The molecule has 0 radical (unpaired) electrons. The average molecular weight is 273 g/mol. The number of anilines is 1. The highest BCUT2D eigenvalue weighted by molar-refractivity contribution is 6.02. The summed E-state index contributed by atoms with van der Waals surface area (Å²) in [5.74, 6) is -0.389. The van der Waals surface area contributed by atoms with Crippen LogP contribution in [0.4, 0.5) is 5.82 Å². The molecule has 7 nitrogen and oxygen atoms in total. The number of rotatable bonds is 4. The van der Waals surface area contributed by atoms with Gasteiger partial charge in [-0.15, -0.1) is 0 Å². The lowest BCUT2D eigenvalue weighted by molar-refractivity contribution is 0.0690. The van der Waals surface area contributed by atoms with Crippen LogP contribution < -0.4 is 5.32 Å². The number of nitrogens with one attached hydrogen (secondary N) is 1. The van der Waals surface area contributed by atoms with Gasteiger partial charge in [0, 0.05) is 12.0 Å². The molecule has 0 atom stereocenters. The molecule has 0 aromatic carbocycles. The molecule has 20 heavy (non-hydrogen) atoms. The zero-order chi connectivity index (χ0) is 14.1. The van der Waals surface area contributed by atoms with Gasteiger partial charge in [-0.05, 0) is 25.0 Å². The summed E-state index contributed by atoms with van der Waals surface area (Å²) in [6.07, 6.45) is 2.11. The van der Waals surface area contributed by atoms with Crippen molar-refractivity contribution in [1.82, 2.24) is 10.1 Å². The molecule has 7 heteroatoms. The molecule has 1 amide bonds. The predicted octanol–water partition coefficient (Wildman–Crippen LogP) is 1.90. The van der Waals surface area contributed by atoms with Gasteiger partial charge in [0.25, 0.3) is 5.91 Å². The van der Waals surface area contributed by atoms with E-state index in [1.165, 1.54) is 18.2 Å². The van der Waals surface area contributed by atoms with E-state index >= 15 is 0 Å². The quantitative estimate of drug-likeness (QED) is 0.881. The van der Waals surface area contributed by atoms with Crippen molar-refractivity contribution in [3.05, 3.63) is 41.4 Å². The maximum absolute atomic E-state index is 11.9. The molecule has 102 valence electrons. The third-order valence-corrected chi connectivity index (χ3v) is 2.95. The summed E-state index contributed by atoms with van der Waals surface area (Å²) in [6, 6.07) is 5.96. The van der Waals surface area contributed by atoms with E-state index in [-0.39, 0.29) is 17.2 Å². The number of hydrogen-bond donors (Lipinski definition) is 2. The van der Waals surface area contributed by atoms with E-state index < -0.39 is 11.9 Å². The largest absolute Gasteiger partial charge is 0.477 e. The van der Waals surface area contributed by atoms with Crippen LogP contribution in [-0.2, 0) is 0 Å². The molecule has 0 unspecified atom stereocenters. The lowest BCUT2D eigenvalue weighted by atomic mass is 10.3. The molecule has 1 aliphatic carbocycles. The Bertz CT molecular complexity index is 676. The maximum Gasteiger partial charge on any atom is 0.354 e. The minimum Gasteiger partial charge on any atom is -0.477 e. The maximum atomic E-state index is 11.9. The van der Waals surface area contributed by atoms with E-state index in [1.54, 1.807) is 6.07 Å². The smallest absolute Gasteiger partial charge is 0.354 e. The summed E-state index contributed by atoms with van der Waals surface area (Å²) in [5, 5.41) is 15.0. The molecule has 1 aliphatic rings. The number of carbonyl (C=O) groups is 2. The van der Waals surface area contributed by atoms with Crippen LogP contribution in [0.3, 0.4) is 0 Å².